The van der Waals surface area contributed by atoms with Crippen LogP contribution in [0.3, 0.4) is 0 Å². The fourth-order valence-corrected chi connectivity index (χ4v) is 3.71. The van der Waals surface area contributed by atoms with Crippen molar-refractivity contribution < 1.29 is 19.0 Å². The maximum Gasteiger partial charge on any atom is 0.185 e. The summed E-state index contributed by atoms with van der Waals surface area (Å²) in [7, 11) is 4.68. The fraction of sp³-hybridized carbons (Fsp3) is 0.111. The summed E-state index contributed by atoms with van der Waals surface area (Å²) in [5.41, 5.74) is 3.83. The largest absolute Gasteiger partial charge is 0.496 e. The molecule has 4 rings (SSSR count). The molecule has 1 N–H and O–H groups in total. The topological polar surface area (TPSA) is 69.7 Å². The molecule has 1 aromatic heterocycles. The number of carbonyl (C=O) groups is 1. The van der Waals surface area contributed by atoms with Gasteiger partial charge in [-0.15, -0.1) is 0 Å². The highest BCUT2D eigenvalue weighted by atomic mass is 35.5. The highest BCUT2D eigenvalue weighted by Gasteiger charge is 2.11. The molecular formula is C27H23ClN2O4. The number of benzene rings is 3. The number of hydrogen-bond acceptors (Lipinski definition) is 6. The zero-order valence-electron chi connectivity index (χ0n) is 19.0. The second-order valence-corrected chi connectivity index (χ2v) is 7.81. The number of nitrogens with zero attached hydrogens (tertiary/aromatic N) is 1. The molecule has 6 nitrogen and oxygen atoms in total. The van der Waals surface area contributed by atoms with Gasteiger partial charge in [-0.1, -0.05) is 11.6 Å². The van der Waals surface area contributed by atoms with Crippen LogP contribution in [-0.2, 0) is 0 Å². The Morgan fingerprint density at radius 2 is 1.59 bits per heavy atom. The van der Waals surface area contributed by atoms with Gasteiger partial charge in [0.2, 0.25) is 0 Å². The average molecular weight is 475 g/mol. The summed E-state index contributed by atoms with van der Waals surface area (Å²) in [4.78, 5) is 17.1. The van der Waals surface area contributed by atoms with E-state index in [-0.39, 0.29) is 5.78 Å². The third-order valence-electron chi connectivity index (χ3n) is 5.30. The van der Waals surface area contributed by atoms with E-state index in [9.17, 15) is 4.79 Å². The van der Waals surface area contributed by atoms with Crippen LogP contribution in [0.1, 0.15) is 15.9 Å². The molecular weight excluding hydrogens is 452 g/mol. The Morgan fingerprint density at radius 1 is 0.882 bits per heavy atom. The van der Waals surface area contributed by atoms with Gasteiger partial charge >= 0.3 is 0 Å². The van der Waals surface area contributed by atoms with Gasteiger partial charge in [0.1, 0.15) is 5.75 Å². The van der Waals surface area contributed by atoms with Crippen LogP contribution in [0.2, 0.25) is 5.02 Å². The highest BCUT2D eigenvalue weighted by Crippen LogP contribution is 2.35. The molecule has 0 amide bonds. The summed E-state index contributed by atoms with van der Waals surface area (Å²) in [5.74, 6) is 1.55. The molecule has 0 aliphatic rings. The van der Waals surface area contributed by atoms with E-state index in [0.29, 0.717) is 33.4 Å². The van der Waals surface area contributed by atoms with Crippen molar-refractivity contribution in [3.8, 4) is 17.2 Å². The van der Waals surface area contributed by atoms with E-state index >= 15 is 0 Å². The minimum absolute atomic E-state index is 0.132. The van der Waals surface area contributed by atoms with Crippen molar-refractivity contribution in [2.24, 2.45) is 0 Å². The lowest BCUT2D eigenvalue weighted by Crippen LogP contribution is -1.97. The number of anilines is 2. The van der Waals surface area contributed by atoms with Crippen molar-refractivity contribution >= 4 is 45.7 Å². The molecule has 0 fully saturated rings. The van der Waals surface area contributed by atoms with Gasteiger partial charge < -0.3 is 19.5 Å². The Morgan fingerprint density at radius 3 is 2.29 bits per heavy atom. The number of carbonyl (C=O) groups excluding carboxylic acids is 1. The molecule has 4 aromatic rings. The molecule has 172 valence electrons. The molecule has 0 aliphatic carbocycles. The van der Waals surface area contributed by atoms with Crippen molar-refractivity contribution in [1.82, 2.24) is 4.98 Å². The summed E-state index contributed by atoms with van der Waals surface area (Å²) in [6, 6.07) is 18.2. The van der Waals surface area contributed by atoms with Crippen molar-refractivity contribution in [2.45, 2.75) is 0 Å². The molecule has 0 unspecified atom stereocenters. The van der Waals surface area contributed by atoms with Crippen molar-refractivity contribution in [3.05, 3.63) is 89.1 Å². The van der Waals surface area contributed by atoms with Crippen LogP contribution >= 0.6 is 11.6 Å². The van der Waals surface area contributed by atoms with Gasteiger partial charge in [-0.05, 0) is 66.7 Å². The summed E-state index contributed by atoms with van der Waals surface area (Å²) in [6.45, 7) is 0. The first-order valence-electron chi connectivity index (χ1n) is 10.5. The van der Waals surface area contributed by atoms with Gasteiger partial charge in [-0.25, -0.2) is 0 Å². The predicted octanol–water partition coefficient (Wildman–Crippen LogP) is 6.55. The van der Waals surface area contributed by atoms with Gasteiger partial charge in [0.15, 0.2) is 17.3 Å². The van der Waals surface area contributed by atoms with Gasteiger partial charge in [0.25, 0.3) is 0 Å². The van der Waals surface area contributed by atoms with Gasteiger partial charge in [-0.2, -0.15) is 0 Å². The molecule has 0 bridgehead atoms. The Hall–Kier alpha value is -4.03. The molecule has 1 heterocycles. The molecule has 0 spiro atoms. The predicted molar refractivity (Wildman–Crippen MR) is 136 cm³/mol. The minimum Gasteiger partial charge on any atom is -0.496 e. The summed E-state index contributed by atoms with van der Waals surface area (Å²) in [6.07, 6.45) is 4.93. The smallest absolute Gasteiger partial charge is 0.185 e. The molecule has 3 aromatic carbocycles. The van der Waals surface area contributed by atoms with E-state index in [2.05, 4.69) is 10.3 Å². The number of methoxy groups -OCH3 is 3. The standard InChI is InChI=1S/C27H23ClN2O4/c1-32-25-16-27(34-3)26(33-2)14-18(25)6-11-24(31)17-4-8-20(9-5-17)30-22-12-13-29-23-15-19(28)7-10-21(22)23/h4-16H,1-3H3,(H,29,30)/b11-6+. The summed E-state index contributed by atoms with van der Waals surface area (Å²) < 4.78 is 16.1. The number of hydrogen-bond donors (Lipinski definition) is 1. The number of aromatic nitrogens is 1. The third-order valence-corrected chi connectivity index (χ3v) is 5.54. The number of ketones is 1. The van der Waals surface area contributed by atoms with Crippen LogP contribution in [0.4, 0.5) is 11.4 Å². The zero-order chi connectivity index (χ0) is 24.1. The quantitative estimate of drug-likeness (QED) is 0.230. The molecule has 7 heteroatoms. The van der Waals surface area contributed by atoms with Crippen LogP contribution in [-0.4, -0.2) is 32.1 Å². The summed E-state index contributed by atoms with van der Waals surface area (Å²) in [5, 5.41) is 4.97. The van der Waals surface area contributed by atoms with Crippen LogP contribution < -0.4 is 19.5 Å². The first-order valence-corrected chi connectivity index (χ1v) is 10.8. The number of ether oxygens (including phenoxy) is 3. The van der Waals surface area contributed by atoms with Crippen LogP contribution in [0, 0.1) is 0 Å². The number of nitrogens with one attached hydrogen (secondary N) is 1. The maximum absolute atomic E-state index is 12.7. The zero-order valence-corrected chi connectivity index (χ0v) is 19.7. The first kappa shape index (κ1) is 23.1. The second kappa shape index (κ2) is 10.3. The SMILES string of the molecule is COc1cc(OC)c(OC)cc1/C=C/C(=O)c1ccc(Nc2ccnc3cc(Cl)ccc23)cc1. The lowest BCUT2D eigenvalue weighted by Gasteiger charge is -2.12. The van der Waals surface area contributed by atoms with E-state index in [1.165, 1.54) is 6.08 Å². The number of allylic oxidation sites excluding steroid dienone is 1. The highest BCUT2D eigenvalue weighted by molar-refractivity contribution is 6.31. The maximum atomic E-state index is 12.7. The Labute approximate surface area is 202 Å². The Bertz CT molecular complexity index is 1370. The van der Waals surface area contributed by atoms with E-state index in [0.717, 1.165) is 22.3 Å². The number of fused-ring (bicyclic) bond motifs is 1. The van der Waals surface area contributed by atoms with Crippen molar-refractivity contribution in [1.29, 1.82) is 0 Å². The molecule has 34 heavy (non-hydrogen) atoms. The molecule has 0 saturated heterocycles. The Kier molecular flexibility index (Phi) is 6.99. The molecule has 0 saturated carbocycles. The van der Waals surface area contributed by atoms with Gasteiger partial charge in [0.05, 0.1) is 26.8 Å². The third kappa shape index (κ3) is 4.97. The number of halogens is 1. The van der Waals surface area contributed by atoms with Crippen LogP contribution in [0.15, 0.2) is 72.9 Å². The molecule has 0 radical (unpaired) electrons. The lowest BCUT2D eigenvalue weighted by atomic mass is 10.1. The van der Waals surface area contributed by atoms with E-state index in [1.807, 2.05) is 36.4 Å². The van der Waals surface area contributed by atoms with Crippen LogP contribution in [0.25, 0.3) is 17.0 Å². The van der Waals surface area contributed by atoms with Crippen molar-refractivity contribution in [2.75, 3.05) is 26.6 Å². The average Bonchev–Trinajstić information content (AvgIpc) is 2.87. The van der Waals surface area contributed by atoms with Crippen LogP contribution in [0.5, 0.6) is 17.2 Å². The van der Waals surface area contributed by atoms with Crippen molar-refractivity contribution in [3.63, 3.8) is 0 Å². The van der Waals surface area contributed by atoms with E-state index in [4.69, 9.17) is 25.8 Å². The van der Waals surface area contributed by atoms with Gasteiger partial charge in [-0.3, -0.25) is 9.78 Å². The van der Waals surface area contributed by atoms with E-state index in [1.54, 1.807) is 57.9 Å². The lowest BCUT2D eigenvalue weighted by molar-refractivity contribution is 0.104. The second-order valence-electron chi connectivity index (χ2n) is 7.37. The first-order chi connectivity index (χ1) is 16.5. The Balaban J connectivity index is 1.52. The minimum atomic E-state index is -0.132. The monoisotopic (exact) mass is 474 g/mol. The fourth-order valence-electron chi connectivity index (χ4n) is 3.55. The number of pyridine rings is 1. The normalized spacial score (nSPS) is 10.9. The molecule has 0 atom stereocenters. The number of rotatable bonds is 8. The van der Waals surface area contributed by atoms with Gasteiger partial charge in [0, 0.05) is 45.2 Å². The summed E-state index contributed by atoms with van der Waals surface area (Å²) >= 11 is 6.07. The van der Waals surface area contributed by atoms with E-state index < -0.39 is 0 Å². The molecule has 0 aliphatic heterocycles.